The van der Waals surface area contributed by atoms with Gasteiger partial charge in [0.25, 0.3) is 0 Å². The molecule has 0 spiro atoms. The van der Waals surface area contributed by atoms with Gasteiger partial charge in [0.05, 0.1) is 13.2 Å². The van der Waals surface area contributed by atoms with Crippen molar-refractivity contribution in [1.29, 1.82) is 0 Å². The van der Waals surface area contributed by atoms with Crippen LogP contribution in [0.3, 0.4) is 0 Å². The summed E-state index contributed by atoms with van der Waals surface area (Å²) in [5.41, 5.74) is 1.20. The van der Waals surface area contributed by atoms with Crippen molar-refractivity contribution in [1.82, 2.24) is 15.5 Å². The fraction of sp³-hybridized carbons (Fsp3) is 0.385. The number of aryl methyl sites for hydroxylation is 1. The van der Waals surface area contributed by atoms with Crippen LogP contribution in [-0.2, 0) is 11.3 Å². The Labute approximate surface area is 122 Å². The van der Waals surface area contributed by atoms with Crippen LogP contribution >= 0.6 is 12.4 Å². The van der Waals surface area contributed by atoms with Crippen LogP contribution in [-0.4, -0.2) is 30.4 Å². The Balaban J connectivity index is 0.00000200. The third kappa shape index (κ3) is 4.26. The lowest BCUT2D eigenvalue weighted by molar-refractivity contribution is 0.197. The van der Waals surface area contributed by atoms with Crippen molar-refractivity contribution in [2.75, 3.05) is 20.3 Å². The Morgan fingerprint density at radius 3 is 2.90 bits per heavy atom. The number of rotatable bonds is 6. The molecule has 0 aliphatic rings. The molecule has 0 fully saturated rings. The van der Waals surface area contributed by atoms with E-state index in [-0.39, 0.29) is 18.2 Å². The van der Waals surface area contributed by atoms with Crippen LogP contribution in [0.5, 0.6) is 0 Å². The van der Waals surface area contributed by atoms with Crippen LogP contribution in [0.4, 0.5) is 4.39 Å². The molecule has 110 valence electrons. The lowest BCUT2D eigenvalue weighted by Gasteiger charge is -1.99. The highest BCUT2D eigenvalue weighted by molar-refractivity contribution is 5.85. The number of nitrogens with zero attached hydrogens (tertiary/aromatic N) is 2. The molecule has 0 unspecified atom stereocenters. The topological polar surface area (TPSA) is 60.2 Å². The molecule has 1 heterocycles. The predicted octanol–water partition coefficient (Wildman–Crippen LogP) is 2.34. The van der Waals surface area contributed by atoms with Crippen molar-refractivity contribution in [2.45, 2.75) is 13.5 Å². The number of methoxy groups -OCH3 is 1. The molecule has 1 aromatic carbocycles. The molecule has 1 aromatic heterocycles. The molecule has 1 N–H and O–H groups in total. The number of benzene rings is 1. The summed E-state index contributed by atoms with van der Waals surface area (Å²) in [6.07, 6.45) is 0. The third-order valence-electron chi connectivity index (χ3n) is 2.66. The van der Waals surface area contributed by atoms with Gasteiger partial charge in [0.15, 0.2) is 0 Å². The van der Waals surface area contributed by atoms with Gasteiger partial charge in [0.2, 0.25) is 11.7 Å². The number of halogens is 2. The summed E-state index contributed by atoms with van der Waals surface area (Å²) in [5.74, 6) is 0.580. The summed E-state index contributed by atoms with van der Waals surface area (Å²) in [7, 11) is 1.64. The van der Waals surface area contributed by atoms with Crippen LogP contribution in [0.15, 0.2) is 22.7 Å². The Hall–Kier alpha value is -1.50. The van der Waals surface area contributed by atoms with E-state index in [2.05, 4.69) is 15.5 Å². The van der Waals surface area contributed by atoms with Crippen LogP contribution in [0.1, 0.15) is 11.5 Å². The monoisotopic (exact) mass is 301 g/mol. The van der Waals surface area contributed by atoms with E-state index >= 15 is 0 Å². The maximum Gasteiger partial charge on any atom is 0.240 e. The van der Waals surface area contributed by atoms with Crippen molar-refractivity contribution in [3.63, 3.8) is 0 Å². The van der Waals surface area contributed by atoms with Gasteiger partial charge in [-0.15, -0.1) is 12.4 Å². The first kappa shape index (κ1) is 16.6. The highest BCUT2D eigenvalue weighted by Gasteiger charge is 2.09. The second kappa shape index (κ2) is 7.94. The van der Waals surface area contributed by atoms with E-state index in [0.29, 0.717) is 42.5 Å². The number of aromatic nitrogens is 2. The highest BCUT2D eigenvalue weighted by Crippen LogP contribution is 2.18. The molecular formula is C13H17ClFN3O2. The second-order valence-electron chi connectivity index (χ2n) is 4.15. The van der Waals surface area contributed by atoms with E-state index in [9.17, 15) is 4.39 Å². The molecule has 0 radical (unpaired) electrons. The molecule has 0 saturated carbocycles. The normalized spacial score (nSPS) is 10.3. The van der Waals surface area contributed by atoms with Crippen molar-refractivity contribution in [3.8, 4) is 11.4 Å². The van der Waals surface area contributed by atoms with E-state index in [4.69, 9.17) is 9.26 Å². The molecule has 7 heteroatoms. The van der Waals surface area contributed by atoms with Gasteiger partial charge < -0.3 is 14.6 Å². The summed E-state index contributed by atoms with van der Waals surface area (Å²) in [6.45, 7) is 3.49. The van der Waals surface area contributed by atoms with Gasteiger partial charge in [0.1, 0.15) is 5.82 Å². The molecule has 0 saturated heterocycles. The standard InChI is InChI=1S/C13H16FN3O2.ClH/c1-9-3-4-10(7-11(9)14)13-16-12(19-17-13)8-15-5-6-18-2;/h3-4,7,15H,5-6,8H2,1-2H3;1H. The zero-order valence-corrected chi connectivity index (χ0v) is 12.2. The first-order chi connectivity index (χ1) is 9.20. The Bertz CT molecular complexity index is 548. The molecule has 20 heavy (non-hydrogen) atoms. The molecule has 2 aromatic rings. The summed E-state index contributed by atoms with van der Waals surface area (Å²) in [4.78, 5) is 4.20. The molecule has 0 aliphatic heterocycles. The minimum absolute atomic E-state index is 0. The van der Waals surface area contributed by atoms with E-state index in [1.54, 1.807) is 26.2 Å². The molecule has 0 atom stereocenters. The van der Waals surface area contributed by atoms with Gasteiger partial charge >= 0.3 is 0 Å². The van der Waals surface area contributed by atoms with Crippen molar-refractivity contribution in [3.05, 3.63) is 35.5 Å². The lowest BCUT2D eigenvalue weighted by Crippen LogP contribution is -2.18. The summed E-state index contributed by atoms with van der Waals surface area (Å²) < 4.78 is 23.4. The largest absolute Gasteiger partial charge is 0.383 e. The first-order valence-corrected chi connectivity index (χ1v) is 5.99. The van der Waals surface area contributed by atoms with Gasteiger partial charge in [0, 0.05) is 19.2 Å². The molecule has 0 bridgehead atoms. The highest BCUT2D eigenvalue weighted by atomic mass is 35.5. The molecule has 2 rings (SSSR count). The predicted molar refractivity (Wildman–Crippen MR) is 75.3 cm³/mol. The third-order valence-corrected chi connectivity index (χ3v) is 2.66. The van der Waals surface area contributed by atoms with Crippen molar-refractivity contribution >= 4 is 12.4 Å². The number of ether oxygens (including phenoxy) is 1. The van der Waals surface area contributed by atoms with Crippen LogP contribution in [0.2, 0.25) is 0 Å². The van der Waals surface area contributed by atoms with Gasteiger partial charge in [-0.3, -0.25) is 0 Å². The maximum atomic E-state index is 13.4. The minimum atomic E-state index is -0.276. The zero-order chi connectivity index (χ0) is 13.7. The Morgan fingerprint density at radius 1 is 1.40 bits per heavy atom. The van der Waals surface area contributed by atoms with Crippen LogP contribution < -0.4 is 5.32 Å². The maximum absolute atomic E-state index is 13.4. The van der Waals surface area contributed by atoms with Gasteiger partial charge in [-0.05, 0) is 18.6 Å². The molecule has 5 nitrogen and oxygen atoms in total. The smallest absolute Gasteiger partial charge is 0.240 e. The van der Waals surface area contributed by atoms with E-state index in [0.717, 1.165) is 0 Å². The first-order valence-electron chi connectivity index (χ1n) is 5.99. The molecular weight excluding hydrogens is 285 g/mol. The fourth-order valence-corrected chi connectivity index (χ4v) is 1.55. The molecule has 0 amide bonds. The summed E-state index contributed by atoms with van der Waals surface area (Å²) in [6, 6.07) is 4.87. The van der Waals surface area contributed by atoms with Gasteiger partial charge in [-0.25, -0.2) is 4.39 Å². The van der Waals surface area contributed by atoms with Crippen LogP contribution in [0, 0.1) is 12.7 Å². The average molecular weight is 302 g/mol. The van der Waals surface area contributed by atoms with Crippen molar-refractivity contribution < 1.29 is 13.7 Å². The van der Waals surface area contributed by atoms with Gasteiger partial charge in [-0.1, -0.05) is 17.3 Å². The van der Waals surface area contributed by atoms with Gasteiger partial charge in [-0.2, -0.15) is 4.98 Å². The zero-order valence-electron chi connectivity index (χ0n) is 11.4. The Kier molecular flexibility index (Phi) is 6.57. The van der Waals surface area contributed by atoms with E-state index < -0.39 is 0 Å². The SMILES string of the molecule is COCCNCc1nc(-c2ccc(C)c(F)c2)no1.Cl. The quantitative estimate of drug-likeness (QED) is 0.830. The van der Waals surface area contributed by atoms with Crippen LogP contribution in [0.25, 0.3) is 11.4 Å². The summed E-state index contributed by atoms with van der Waals surface area (Å²) in [5, 5.41) is 6.92. The van der Waals surface area contributed by atoms with E-state index in [1.165, 1.54) is 6.07 Å². The summed E-state index contributed by atoms with van der Waals surface area (Å²) >= 11 is 0. The van der Waals surface area contributed by atoms with E-state index in [1.807, 2.05) is 0 Å². The fourth-order valence-electron chi connectivity index (χ4n) is 1.55. The minimum Gasteiger partial charge on any atom is -0.383 e. The second-order valence-corrected chi connectivity index (χ2v) is 4.15. The number of nitrogens with one attached hydrogen (secondary N) is 1. The number of hydrogen-bond acceptors (Lipinski definition) is 5. The average Bonchev–Trinajstić information content (AvgIpc) is 2.87. The molecule has 0 aliphatic carbocycles. The number of hydrogen-bond donors (Lipinski definition) is 1. The van der Waals surface area contributed by atoms with Crippen molar-refractivity contribution in [2.24, 2.45) is 0 Å². The Morgan fingerprint density at radius 2 is 2.20 bits per heavy atom. The lowest BCUT2D eigenvalue weighted by atomic mass is 10.1.